The van der Waals surface area contributed by atoms with Crippen molar-refractivity contribution in [3.8, 4) is 5.69 Å². The summed E-state index contributed by atoms with van der Waals surface area (Å²) in [6, 6.07) is 11.4. The van der Waals surface area contributed by atoms with Crippen molar-refractivity contribution in [1.82, 2.24) is 4.57 Å². The largest absolute Gasteiger partial charge is 0.326 e. The molecule has 16 heavy (non-hydrogen) atoms. The van der Waals surface area contributed by atoms with E-state index in [4.69, 9.17) is 5.73 Å². The van der Waals surface area contributed by atoms with Gasteiger partial charge in [-0.05, 0) is 24.6 Å². The zero-order valence-electron chi connectivity index (χ0n) is 9.18. The van der Waals surface area contributed by atoms with Crippen LogP contribution in [-0.4, -0.2) is 4.57 Å². The molecule has 0 aliphatic carbocycles. The normalized spacial score (nSPS) is 10.4. The molecule has 0 saturated heterocycles. The van der Waals surface area contributed by atoms with E-state index in [-0.39, 0.29) is 12.1 Å². The fourth-order valence-corrected chi connectivity index (χ4v) is 1.72. The van der Waals surface area contributed by atoms with Crippen molar-refractivity contribution >= 4 is 0 Å². The van der Waals surface area contributed by atoms with Crippen molar-refractivity contribution in [1.29, 1.82) is 0 Å². The molecule has 0 atom stereocenters. The van der Waals surface area contributed by atoms with Gasteiger partial charge in [-0.15, -0.1) is 0 Å². The number of aryl methyl sites for hydroxylation is 1. The molecule has 0 saturated carbocycles. The van der Waals surface area contributed by atoms with E-state index in [2.05, 4.69) is 0 Å². The average Bonchev–Trinajstić information content (AvgIpc) is 2.31. The fraction of sp³-hybridized carbons (Fsp3) is 0.154. The van der Waals surface area contributed by atoms with Crippen LogP contribution in [-0.2, 0) is 6.54 Å². The highest BCUT2D eigenvalue weighted by Crippen LogP contribution is 2.10. The van der Waals surface area contributed by atoms with Gasteiger partial charge in [0, 0.05) is 18.3 Å². The van der Waals surface area contributed by atoms with Gasteiger partial charge in [0.1, 0.15) is 0 Å². The Kier molecular flexibility index (Phi) is 2.88. The Hall–Kier alpha value is -1.87. The molecule has 1 aromatic heterocycles. The lowest BCUT2D eigenvalue weighted by molar-refractivity contribution is 0.919. The second-order valence-corrected chi connectivity index (χ2v) is 3.70. The number of hydrogen-bond acceptors (Lipinski definition) is 2. The van der Waals surface area contributed by atoms with E-state index in [0.29, 0.717) is 5.56 Å². The highest BCUT2D eigenvalue weighted by molar-refractivity contribution is 5.40. The molecule has 82 valence electrons. The van der Waals surface area contributed by atoms with E-state index in [1.165, 1.54) is 0 Å². The third-order valence-electron chi connectivity index (χ3n) is 2.62. The summed E-state index contributed by atoms with van der Waals surface area (Å²) >= 11 is 0. The number of nitrogens with two attached hydrogens (primary N) is 1. The summed E-state index contributed by atoms with van der Waals surface area (Å²) in [6.45, 7) is 2.25. The molecular formula is C13H14N2O. The molecule has 0 unspecified atom stereocenters. The Labute approximate surface area is 94.1 Å². The molecular weight excluding hydrogens is 200 g/mol. The first-order valence-electron chi connectivity index (χ1n) is 5.20. The Bertz CT molecular complexity index is 558. The van der Waals surface area contributed by atoms with Gasteiger partial charge in [-0.25, -0.2) is 0 Å². The number of pyridine rings is 1. The van der Waals surface area contributed by atoms with Crippen molar-refractivity contribution in [2.24, 2.45) is 5.73 Å². The van der Waals surface area contributed by atoms with Crippen LogP contribution in [0.2, 0.25) is 0 Å². The second kappa shape index (κ2) is 4.33. The molecule has 0 aliphatic rings. The number of aromatic nitrogens is 1. The molecule has 0 spiro atoms. The Morgan fingerprint density at radius 1 is 1.19 bits per heavy atom. The highest BCUT2D eigenvalue weighted by atomic mass is 16.1. The maximum Gasteiger partial charge on any atom is 0.259 e. The number of nitrogens with zero attached hydrogens (tertiary/aromatic N) is 1. The SMILES string of the molecule is Cc1ccccc1-n1cccc(CN)c1=O. The van der Waals surface area contributed by atoms with Crippen molar-refractivity contribution < 1.29 is 0 Å². The molecule has 2 aromatic rings. The van der Waals surface area contributed by atoms with Gasteiger partial charge in [-0.3, -0.25) is 9.36 Å². The molecule has 0 aliphatic heterocycles. The van der Waals surface area contributed by atoms with E-state index in [1.54, 1.807) is 16.8 Å². The van der Waals surface area contributed by atoms with Gasteiger partial charge in [0.25, 0.3) is 5.56 Å². The molecule has 0 amide bonds. The topological polar surface area (TPSA) is 48.0 Å². The zero-order chi connectivity index (χ0) is 11.5. The van der Waals surface area contributed by atoms with E-state index >= 15 is 0 Å². The Balaban J connectivity index is 2.66. The number of benzene rings is 1. The summed E-state index contributed by atoms with van der Waals surface area (Å²) in [7, 11) is 0. The summed E-state index contributed by atoms with van der Waals surface area (Å²) in [5.74, 6) is 0. The zero-order valence-corrected chi connectivity index (χ0v) is 9.18. The van der Waals surface area contributed by atoms with Crippen molar-refractivity contribution in [2.45, 2.75) is 13.5 Å². The number of hydrogen-bond donors (Lipinski definition) is 1. The third kappa shape index (κ3) is 1.77. The summed E-state index contributed by atoms with van der Waals surface area (Å²) in [4.78, 5) is 12.0. The standard InChI is InChI=1S/C13H14N2O/c1-10-5-2-3-7-12(10)15-8-4-6-11(9-14)13(15)16/h2-8H,9,14H2,1H3. The van der Waals surface area contributed by atoms with Crippen molar-refractivity contribution in [2.75, 3.05) is 0 Å². The summed E-state index contributed by atoms with van der Waals surface area (Å²) in [5, 5.41) is 0. The summed E-state index contributed by atoms with van der Waals surface area (Å²) < 4.78 is 1.64. The van der Waals surface area contributed by atoms with Gasteiger partial charge in [-0.2, -0.15) is 0 Å². The summed E-state index contributed by atoms with van der Waals surface area (Å²) in [5.41, 5.74) is 8.08. The molecule has 0 fully saturated rings. The monoisotopic (exact) mass is 214 g/mol. The predicted molar refractivity (Wildman–Crippen MR) is 64.7 cm³/mol. The summed E-state index contributed by atoms with van der Waals surface area (Å²) in [6.07, 6.45) is 1.77. The maximum absolute atomic E-state index is 12.0. The molecule has 2 rings (SSSR count). The van der Waals surface area contributed by atoms with E-state index in [0.717, 1.165) is 11.3 Å². The number of rotatable bonds is 2. The predicted octanol–water partition coefficient (Wildman–Crippen LogP) is 1.60. The van der Waals surface area contributed by atoms with Crippen LogP contribution >= 0.6 is 0 Å². The first-order valence-corrected chi connectivity index (χ1v) is 5.20. The number of para-hydroxylation sites is 1. The van der Waals surface area contributed by atoms with Gasteiger partial charge < -0.3 is 5.73 Å². The highest BCUT2D eigenvalue weighted by Gasteiger charge is 2.04. The van der Waals surface area contributed by atoms with Crippen LogP contribution in [0.4, 0.5) is 0 Å². The average molecular weight is 214 g/mol. The Morgan fingerprint density at radius 3 is 2.62 bits per heavy atom. The molecule has 0 radical (unpaired) electrons. The van der Waals surface area contributed by atoms with Crippen molar-refractivity contribution in [3.63, 3.8) is 0 Å². The van der Waals surface area contributed by atoms with Crippen LogP contribution in [0.1, 0.15) is 11.1 Å². The van der Waals surface area contributed by atoms with Crippen LogP contribution in [0.15, 0.2) is 47.4 Å². The van der Waals surface area contributed by atoms with Crippen LogP contribution in [0.5, 0.6) is 0 Å². The smallest absolute Gasteiger partial charge is 0.259 e. The first-order chi connectivity index (χ1) is 7.74. The van der Waals surface area contributed by atoms with E-state index in [9.17, 15) is 4.79 Å². The lowest BCUT2D eigenvalue weighted by Crippen LogP contribution is -2.23. The van der Waals surface area contributed by atoms with Crippen LogP contribution in [0, 0.1) is 6.92 Å². The van der Waals surface area contributed by atoms with E-state index < -0.39 is 0 Å². The minimum atomic E-state index is -0.0423. The Morgan fingerprint density at radius 2 is 1.94 bits per heavy atom. The van der Waals surface area contributed by atoms with Gasteiger partial charge in [0.05, 0.1) is 5.69 Å². The molecule has 3 nitrogen and oxygen atoms in total. The van der Waals surface area contributed by atoms with E-state index in [1.807, 2.05) is 37.3 Å². The minimum absolute atomic E-state index is 0.0423. The molecule has 2 N–H and O–H groups in total. The third-order valence-corrected chi connectivity index (χ3v) is 2.62. The van der Waals surface area contributed by atoms with Crippen LogP contribution < -0.4 is 11.3 Å². The lowest BCUT2D eigenvalue weighted by atomic mass is 10.2. The second-order valence-electron chi connectivity index (χ2n) is 3.70. The molecule has 3 heteroatoms. The lowest BCUT2D eigenvalue weighted by Gasteiger charge is -2.09. The fourth-order valence-electron chi connectivity index (χ4n) is 1.72. The maximum atomic E-state index is 12.0. The van der Waals surface area contributed by atoms with Crippen LogP contribution in [0.25, 0.3) is 5.69 Å². The minimum Gasteiger partial charge on any atom is -0.326 e. The first kappa shape index (κ1) is 10.6. The van der Waals surface area contributed by atoms with Gasteiger partial charge in [-0.1, -0.05) is 24.3 Å². The van der Waals surface area contributed by atoms with Crippen LogP contribution in [0.3, 0.4) is 0 Å². The van der Waals surface area contributed by atoms with Gasteiger partial charge >= 0.3 is 0 Å². The van der Waals surface area contributed by atoms with Gasteiger partial charge in [0.2, 0.25) is 0 Å². The van der Waals surface area contributed by atoms with Crippen molar-refractivity contribution in [3.05, 3.63) is 64.1 Å². The molecule has 1 heterocycles. The molecule has 1 aromatic carbocycles. The van der Waals surface area contributed by atoms with Gasteiger partial charge in [0.15, 0.2) is 0 Å². The molecule has 0 bridgehead atoms. The quantitative estimate of drug-likeness (QED) is 0.825.